The topological polar surface area (TPSA) is 44.2 Å². The molecule has 4 nitrogen and oxygen atoms in total. The van der Waals surface area contributed by atoms with E-state index in [-0.39, 0.29) is 33.4 Å². The van der Waals surface area contributed by atoms with Gasteiger partial charge >= 0.3 is 12.4 Å². The lowest BCUT2D eigenvalue weighted by Crippen LogP contribution is -2.06. The SMILES string of the molecule is FC(F)(F)c1cc(Cl)nc(Oc2ccc(-c3[c]ccc(Br)c3Oc3ncc(C(F)(F)F)cc3Cl)cc2)c1. The number of hydrogen-bond acceptors (Lipinski definition) is 4. The van der Waals surface area contributed by atoms with E-state index >= 15 is 0 Å². The zero-order valence-corrected chi connectivity index (χ0v) is 21.0. The molecule has 0 aliphatic heterocycles. The Bertz CT molecular complexity index is 1450. The van der Waals surface area contributed by atoms with E-state index in [0.29, 0.717) is 40.0 Å². The van der Waals surface area contributed by atoms with Gasteiger partial charge in [0.05, 0.1) is 15.6 Å². The number of ether oxygens (including phenoxy) is 2. The molecule has 2 aromatic carbocycles. The van der Waals surface area contributed by atoms with Crippen LogP contribution in [-0.4, -0.2) is 9.97 Å². The fourth-order valence-electron chi connectivity index (χ4n) is 3.02. The number of aromatic nitrogens is 2. The third-order valence-electron chi connectivity index (χ3n) is 4.70. The van der Waals surface area contributed by atoms with Gasteiger partial charge in [0.25, 0.3) is 0 Å². The Labute approximate surface area is 223 Å². The lowest BCUT2D eigenvalue weighted by molar-refractivity contribution is -0.138. The Morgan fingerprint density at radius 1 is 0.838 bits per heavy atom. The van der Waals surface area contributed by atoms with Crippen LogP contribution >= 0.6 is 39.1 Å². The minimum Gasteiger partial charge on any atom is -0.439 e. The van der Waals surface area contributed by atoms with Gasteiger partial charge in [-0.1, -0.05) is 41.4 Å². The van der Waals surface area contributed by atoms with Crippen molar-refractivity contribution in [3.8, 4) is 34.4 Å². The highest BCUT2D eigenvalue weighted by Gasteiger charge is 2.33. The Hall–Kier alpha value is -3.02. The predicted octanol–water partition coefficient (Wildman–Crippen LogP) is 9.64. The van der Waals surface area contributed by atoms with Crippen molar-refractivity contribution in [3.05, 3.63) is 92.6 Å². The zero-order valence-electron chi connectivity index (χ0n) is 17.9. The Morgan fingerprint density at radius 2 is 1.51 bits per heavy atom. The zero-order chi connectivity index (χ0) is 27.0. The summed E-state index contributed by atoms with van der Waals surface area (Å²) in [5.41, 5.74) is -1.13. The summed E-state index contributed by atoms with van der Waals surface area (Å²) in [5, 5.41) is -0.741. The highest BCUT2D eigenvalue weighted by Crippen LogP contribution is 2.42. The summed E-state index contributed by atoms with van der Waals surface area (Å²) < 4.78 is 89.4. The first-order valence-electron chi connectivity index (χ1n) is 9.95. The van der Waals surface area contributed by atoms with Crippen molar-refractivity contribution >= 4 is 39.1 Å². The first kappa shape index (κ1) is 27.0. The molecule has 37 heavy (non-hydrogen) atoms. The van der Waals surface area contributed by atoms with Crippen LogP contribution in [0.4, 0.5) is 26.3 Å². The summed E-state index contributed by atoms with van der Waals surface area (Å²) in [6.45, 7) is 0. The van der Waals surface area contributed by atoms with Crippen LogP contribution in [0.25, 0.3) is 11.1 Å². The van der Waals surface area contributed by atoms with Crippen molar-refractivity contribution in [2.45, 2.75) is 12.4 Å². The summed E-state index contributed by atoms with van der Waals surface area (Å²) in [6.07, 6.45) is -8.66. The van der Waals surface area contributed by atoms with Crippen LogP contribution in [0, 0.1) is 6.07 Å². The number of benzene rings is 2. The van der Waals surface area contributed by atoms with E-state index < -0.39 is 23.5 Å². The largest absolute Gasteiger partial charge is 0.439 e. The summed E-state index contributed by atoms with van der Waals surface area (Å²) in [7, 11) is 0. The molecule has 0 unspecified atom stereocenters. The predicted molar refractivity (Wildman–Crippen MR) is 127 cm³/mol. The van der Waals surface area contributed by atoms with Crippen molar-refractivity contribution in [2.75, 3.05) is 0 Å². The van der Waals surface area contributed by atoms with Crippen molar-refractivity contribution in [1.29, 1.82) is 0 Å². The monoisotopic (exact) mass is 621 g/mol. The average Bonchev–Trinajstić information content (AvgIpc) is 2.80. The number of hydrogen-bond donors (Lipinski definition) is 0. The van der Waals surface area contributed by atoms with Gasteiger partial charge in [-0.3, -0.25) is 0 Å². The van der Waals surface area contributed by atoms with E-state index in [1.807, 2.05) is 0 Å². The smallest absolute Gasteiger partial charge is 0.417 e. The number of halogens is 9. The number of nitrogens with zero attached hydrogens (tertiary/aromatic N) is 2. The van der Waals surface area contributed by atoms with Crippen LogP contribution in [0.2, 0.25) is 10.2 Å². The van der Waals surface area contributed by atoms with E-state index in [2.05, 4.69) is 32.0 Å². The molecule has 0 fully saturated rings. The van der Waals surface area contributed by atoms with Crippen LogP contribution < -0.4 is 9.47 Å². The number of alkyl halides is 6. The first-order valence-corrected chi connectivity index (χ1v) is 11.5. The minimum atomic E-state index is -4.63. The molecule has 2 aromatic heterocycles. The van der Waals surface area contributed by atoms with Crippen LogP contribution in [0.15, 0.2) is 65.3 Å². The summed E-state index contributed by atoms with van der Waals surface area (Å²) in [5.74, 6) is -0.287. The molecule has 0 saturated carbocycles. The summed E-state index contributed by atoms with van der Waals surface area (Å²) >= 11 is 15.0. The van der Waals surface area contributed by atoms with Gasteiger partial charge in [0.15, 0.2) is 5.75 Å². The highest BCUT2D eigenvalue weighted by atomic mass is 79.9. The van der Waals surface area contributed by atoms with Gasteiger partial charge in [-0.25, -0.2) is 9.97 Å². The van der Waals surface area contributed by atoms with Gasteiger partial charge in [-0.2, -0.15) is 26.3 Å². The van der Waals surface area contributed by atoms with E-state index in [1.54, 1.807) is 24.3 Å². The fraction of sp³-hybridized carbons (Fsp3) is 0.0833. The van der Waals surface area contributed by atoms with E-state index in [0.717, 1.165) is 0 Å². The van der Waals surface area contributed by atoms with E-state index in [9.17, 15) is 26.3 Å². The molecular weight excluding hydrogens is 613 g/mol. The van der Waals surface area contributed by atoms with Crippen LogP contribution in [0.5, 0.6) is 23.3 Å². The van der Waals surface area contributed by atoms with Crippen molar-refractivity contribution in [1.82, 2.24) is 9.97 Å². The lowest BCUT2D eigenvalue weighted by Gasteiger charge is -2.15. The van der Waals surface area contributed by atoms with Crippen molar-refractivity contribution in [3.63, 3.8) is 0 Å². The highest BCUT2D eigenvalue weighted by molar-refractivity contribution is 9.10. The molecule has 4 rings (SSSR count). The molecule has 4 aromatic rings. The molecule has 0 N–H and O–H groups in total. The summed E-state index contributed by atoms with van der Waals surface area (Å²) in [4.78, 5) is 7.43. The minimum absolute atomic E-state index is 0.163. The van der Waals surface area contributed by atoms with Crippen LogP contribution in [0.1, 0.15) is 11.1 Å². The second-order valence-electron chi connectivity index (χ2n) is 7.28. The molecule has 0 amide bonds. The molecule has 0 bridgehead atoms. The van der Waals surface area contributed by atoms with Crippen molar-refractivity contribution in [2.24, 2.45) is 0 Å². The first-order chi connectivity index (χ1) is 17.3. The third kappa shape index (κ3) is 6.46. The van der Waals surface area contributed by atoms with E-state index in [1.165, 1.54) is 12.1 Å². The third-order valence-corrected chi connectivity index (χ3v) is 5.79. The molecule has 191 valence electrons. The standard InChI is InChI=1S/C24H10BrCl2F6N2O2/c25-17-3-1-2-16(21(17)37-22-18(26)8-14(11-34-22)24(31,32)33)12-4-6-15(7-5-12)36-20-10-13(23(28,29)30)9-19(27)35-20/h1,3-11H. The maximum Gasteiger partial charge on any atom is 0.417 e. The van der Waals surface area contributed by atoms with Gasteiger partial charge < -0.3 is 9.47 Å². The molecule has 0 atom stereocenters. The van der Waals surface area contributed by atoms with Gasteiger partial charge in [0.2, 0.25) is 11.8 Å². The summed E-state index contributed by atoms with van der Waals surface area (Å²) in [6, 6.07) is 14.3. The van der Waals surface area contributed by atoms with Gasteiger partial charge in [-0.05, 0) is 57.9 Å². The Morgan fingerprint density at radius 3 is 2.14 bits per heavy atom. The second-order valence-corrected chi connectivity index (χ2v) is 8.93. The molecule has 0 aliphatic rings. The average molecular weight is 623 g/mol. The molecule has 0 spiro atoms. The second kappa shape index (κ2) is 10.4. The van der Waals surface area contributed by atoms with Crippen molar-refractivity contribution < 1.29 is 35.8 Å². The van der Waals surface area contributed by atoms with Gasteiger partial charge in [0, 0.05) is 17.8 Å². The molecule has 1 radical (unpaired) electrons. The molecule has 13 heteroatoms. The quantitative estimate of drug-likeness (QED) is 0.164. The molecule has 0 aliphatic carbocycles. The lowest BCUT2D eigenvalue weighted by atomic mass is 10.0. The maximum absolute atomic E-state index is 13.0. The van der Waals surface area contributed by atoms with Crippen LogP contribution in [-0.2, 0) is 12.4 Å². The fourth-order valence-corrected chi connectivity index (χ4v) is 3.84. The number of rotatable bonds is 5. The van der Waals surface area contributed by atoms with Gasteiger partial charge in [0.1, 0.15) is 15.9 Å². The van der Waals surface area contributed by atoms with Crippen LogP contribution in [0.3, 0.4) is 0 Å². The normalized spacial score (nSPS) is 11.9. The Kier molecular flexibility index (Phi) is 7.59. The Balaban J connectivity index is 1.61. The van der Waals surface area contributed by atoms with Gasteiger partial charge in [-0.15, -0.1) is 0 Å². The molecule has 2 heterocycles. The number of pyridine rings is 2. The molecular formula is C24H10BrCl2F6N2O2. The van der Waals surface area contributed by atoms with E-state index in [4.69, 9.17) is 32.7 Å². The maximum atomic E-state index is 13.0. The molecule has 0 saturated heterocycles.